The summed E-state index contributed by atoms with van der Waals surface area (Å²) in [5, 5.41) is 25.2. The lowest BCUT2D eigenvalue weighted by atomic mass is 9.77. The van der Waals surface area contributed by atoms with Crippen molar-refractivity contribution >= 4 is 29.1 Å². The van der Waals surface area contributed by atoms with Crippen LogP contribution >= 0.6 is 11.6 Å². The molecule has 0 atom stereocenters. The van der Waals surface area contributed by atoms with Crippen LogP contribution in [0.3, 0.4) is 0 Å². The Balaban J connectivity index is 1.65. The summed E-state index contributed by atoms with van der Waals surface area (Å²) < 4.78 is 0. The van der Waals surface area contributed by atoms with E-state index < -0.39 is 11.4 Å². The van der Waals surface area contributed by atoms with Crippen LogP contribution in [0.1, 0.15) is 35.3 Å². The second kappa shape index (κ2) is 7.94. The Kier molecular flexibility index (Phi) is 5.62. The molecule has 4 N–H and O–H groups in total. The molecule has 1 aromatic heterocycles. The highest BCUT2D eigenvalue weighted by atomic mass is 35.5. The molecule has 0 saturated heterocycles. The van der Waals surface area contributed by atoms with Crippen LogP contribution in [-0.2, 0) is 11.2 Å². The van der Waals surface area contributed by atoms with E-state index in [2.05, 4.69) is 15.6 Å². The summed E-state index contributed by atoms with van der Waals surface area (Å²) in [6.07, 6.45) is 3.78. The Labute approximate surface area is 161 Å². The molecule has 1 saturated carbocycles. The molecule has 2 aromatic rings. The number of aromatic hydroxyl groups is 1. The van der Waals surface area contributed by atoms with Gasteiger partial charge in [-0.3, -0.25) is 14.6 Å². The first-order valence-corrected chi connectivity index (χ1v) is 8.95. The van der Waals surface area contributed by atoms with E-state index in [0.29, 0.717) is 16.3 Å². The molecule has 0 spiro atoms. The zero-order chi connectivity index (χ0) is 19.4. The number of aliphatic hydroxyl groups excluding tert-OH is 1. The minimum absolute atomic E-state index is 0.0147. The third-order valence-electron chi connectivity index (χ3n) is 4.66. The summed E-state index contributed by atoms with van der Waals surface area (Å²) in [5.41, 5.74) is 0.399. The molecule has 27 heavy (non-hydrogen) atoms. The molecule has 1 heterocycles. The molecular formula is C19H20ClN3O4. The van der Waals surface area contributed by atoms with E-state index in [1.54, 1.807) is 6.07 Å². The fourth-order valence-electron chi connectivity index (χ4n) is 2.94. The van der Waals surface area contributed by atoms with Crippen molar-refractivity contribution in [2.45, 2.75) is 31.2 Å². The molecule has 3 rings (SSSR count). The van der Waals surface area contributed by atoms with Crippen molar-refractivity contribution in [2.24, 2.45) is 0 Å². The number of hydrogen-bond acceptors (Lipinski definition) is 5. The fraction of sp³-hybridized carbons (Fsp3) is 0.316. The molecule has 0 bridgehead atoms. The second-order valence-corrected chi connectivity index (χ2v) is 7.11. The highest BCUT2D eigenvalue weighted by Gasteiger charge is 2.38. The van der Waals surface area contributed by atoms with Crippen molar-refractivity contribution in [3.8, 4) is 5.75 Å². The van der Waals surface area contributed by atoms with E-state index in [1.807, 2.05) is 0 Å². The molecule has 7 nitrogen and oxygen atoms in total. The Hall–Kier alpha value is -2.64. The van der Waals surface area contributed by atoms with E-state index in [1.165, 1.54) is 30.5 Å². The van der Waals surface area contributed by atoms with Crippen molar-refractivity contribution in [1.29, 1.82) is 0 Å². The second-order valence-electron chi connectivity index (χ2n) is 6.67. The predicted molar refractivity (Wildman–Crippen MR) is 101 cm³/mol. The minimum atomic E-state index is -0.567. The van der Waals surface area contributed by atoms with Crippen LogP contribution in [0.5, 0.6) is 5.75 Å². The van der Waals surface area contributed by atoms with E-state index >= 15 is 0 Å². The first kappa shape index (κ1) is 19.1. The first-order chi connectivity index (χ1) is 12.9. The molecular weight excluding hydrogens is 370 g/mol. The van der Waals surface area contributed by atoms with Crippen molar-refractivity contribution in [2.75, 3.05) is 11.9 Å². The average Bonchev–Trinajstić information content (AvgIpc) is 2.61. The number of nitrogens with zero attached hydrogens (tertiary/aromatic N) is 1. The van der Waals surface area contributed by atoms with Crippen LogP contribution in [-0.4, -0.2) is 39.2 Å². The van der Waals surface area contributed by atoms with Gasteiger partial charge in [0.25, 0.3) is 5.91 Å². The van der Waals surface area contributed by atoms with Crippen LogP contribution in [0.4, 0.5) is 5.69 Å². The van der Waals surface area contributed by atoms with Gasteiger partial charge < -0.3 is 20.8 Å². The number of pyridine rings is 1. The lowest BCUT2D eigenvalue weighted by Gasteiger charge is -2.40. The lowest BCUT2D eigenvalue weighted by Crippen LogP contribution is -2.56. The molecule has 2 amide bonds. The van der Waals surface area contributed by atoms with Crippen molar-refractivity contribution in [1.82, 2.24) is 10.3 Å². The van der Waals surface area contributed by atoms with Crippen LogP contribution in [0.15, 0.2) is 36.5 Å². The van der Waals surface area contributed by atoms with Gasteiger partial charge in [0, 0.05) is 22.5 Å². The number of nitrogens with one attached hydrogen (secondary N) is 2. The van der Waals surface area contributed by atoms with Gasteiger partial charge in [-0.2, -0.15) is 0 Å². The first-order valence-electron chi connectivity index (χ1n) is 8.57. The third kappa shape index (κ3) is 4.56. The van der Waals surface area contributed by atoms with Crippen LogP contribution < -0.4 is 10.6 Å². The van der Waals surface area contributed by atoms with E-state index in [0.717, 1.165) is 19.3 Å². The Morgan fingerprint density at radius 3 is 2.67 bits per heavy atom. The van der Waals surface area contributed by atoms with Gasteiger partial charge in [0.15, 0.2) is 0 Å². The van der Waals surface area contributed by atoms with Gasteiger partial charge >= 0.3 is 0 Å². The zero-order valence-electron chi connectivity index (χ0n) is 14.5. The fourth-order valence-corrected chi connectivity index (χ4v) is 3.13. The number of anilines is 1. The number of carbonyl (C=O) groups excluding carboxylic acids is 2. The largest absolute Gasteiger partial charge is 0.508 e. The van der Waals surface area contributed by atoms with Gasteiger partial charge in [0.2, 0.25) is 5.91 Å². The number of phenolic OH excluding ortho intramolecular Hbond substituents is 1. The molecule has 1 aromatic carbocycles. The average molecular weight is 390 g/mol. The smallest absolute Gasteiger partial charge is 0.270 e. The summed E-state index contributed by atoms with van der Waals surface area (Å²) in [6, 6.07) is 7.52. The normalized spacial score (nSPS) is 14.9. The summed E-state index contributed by atoms with van der Waals surface area (Å²) in [6.45, 7) is -0.113. The highest BCUT2D eigenvalue weighted by molar-refractivity contribution is 6.30. The number of amides is 2. The number of aliphatic hydroxyl groups is 1. The molecule has 0 unspecified atom stereocenters. The zero-order valence-corrected chi connectivity index (χ0v) is 15.3. The number of rotatable bonds is 6. The molecule has 0 aliphatic heterocycles. The number of benzene rings is 1. The maximum atomic E-state index is 12.4. The topological polar surface area (TPSA) is 112 Å². The Morgan fingerprint density at radius 2 is 2.00 bits per heavy atom. The maximum Gasteiger partial charge on any atom is 0.270 e. The van der Waals surface area contributed by atoms with Crippen molar-refractivity contribution < 1.29 is 19.8 Å². The van der Waals surface area contributed by atoms with Gasteiger partial charge in [0.05, 0.1) is 18.6 Å². The van der Waals surface area contributed by atoms with Crippen molar-refractivity contribution in [3.05, 3.63) is 52.8 Å². The molecule has 1 aliphatic rings. The molecule has 8 heteroatoms. The summed E-state index contributed by atoms with van der Waals surface area (Å²) in [7, 11) is 0. The van der Waals surface area contributed by atoms with Crippen molar-refractivity contribution in [3.63, 3.8) is 0 Å². The van der Waals surface area contributed by atoms with Gasteiger partial charge in [-0.1, -0.05) is 11.6 Å². The molecule has 0 radical (unpaired) electrons. The van der Waals surface area contributed by atoms with Crippen LogP contribution in [0.25, 0.3) is 0 Å². The molecule has 1 aliphatic carbocycles. The Bertz CT molecular complexity index is 862. The van der Waals surface area contributed by atoms with E-state index in [9.17, 15) is 19.8 Å². The van der Waals surface area contributed by atoms with Gasteiger partial charge in [-0.15, -0.1) is 0 Å². The number of aromatic nitrogens is 1. The number of phenols is 1. The van der Waals surface area contributed by atoms with E-state index in [-0.39, 0.29) is 30.4 Å². The predicted octanol–water partition coefficient (Wildman–Crippen LogP) is 2.27. The highest BCUT2D eigenvalue weighted by Crippen LogP contribution is 2.31. The van der Waals surface area contributed by atoms with Crippen LogP contribution in [0.2, 0.25) is 5.02 Å². The number of hydrogen-bond donors (Lipinski definition) is 4. The van der Waals surface area contributed by atoms with E-state index in [4.69, 9.17) is 11.6 Å². The van der Waals surface area contributed by atoms with Gasteiger partial charge in [-0.05, 0) is 49.6 Å². The van der Waals surface area contributed by atoms with Crippen LogP contribution in [0, 0.1) is 0 Å². The summed E-state index contributed by atoms with van der Waals surface area (Å²) in [5.74, 6) is -0.776. The molecule has 142 valence electrons. The van der Waals surface area contributed by atoms with Gasteiger partial charge in [0.1, 0.15) is 11.4 Å². The minimum Gasteiger partial charge on any atom is -0.508 e. The monoisotopic (exact) mass is 389 g/mol. The summed E-state index contributed by atoms with van der Waals surface area (Å²) >= 11 is 5.88. The standard InChI is InChI=1S/C19H20ClN3O4/c20-13-2-3-16(25)12(8-13)9-17(26)22-14-4-7-21-15(10-14)18(27)23-19(11-24)5-1-6-19/h2-4,7-8,10,24-25H,1,5-6,9,11H2,(H,23,27)(H,21,22,26). The SMILES string of the molecule is O=C(Cc1cc(Cl)ccc1O)Nc1ccnc(C(=O)NC2(CO)CCC2)c1. The maximum absolute atomic E-state index is 12.4. The third-order valence-corrected chi connectivity index (χ3v) is 4.90. The summed E-state index contributed by atoms with van der Waals surface area (Å²) in [4.78, 5) is 28.6. The number of carbonyl (C=O) groups is 2. The Morgan fingerprint density at radius 1 is 1.22 bits per heavy atom. The lowest BCUT2D eigenvalue weighted by molar-refractivity contribution is -0.115. The number of halogens is 1. The molecule has 1 fully saturated rings. The quantitative estimate of drug-likeness (QED) is 0.605. The van der Waals surface area contributed by atoms with Gasteiger partial charge in [-0.25, -0.2) is 0 Å².